The van der Waals surface area contributed by atoms with E-state index in [9.17, 15) is 0 Å². The Morgan fingerprint density at radius 3 is 0.500 bits per heavy atom. The zero-order valence-electron chi connectivity index (χ0n) is 3.20. The Morgan fingerprint density at radius 1 is 0.500 bits per heavy atom. The first-order valence-electron chi connectivity index (χ1n) is 0. The van der Waals surface area contributed by atoms with Crippen molar-refractivity contribution in [1.29, 1.82) is 0 Å². The molecule has 4 nitrogen and oxygen atoms in total. The van der Waals surface area contributed by atoms with Crippen molar-refractivity contribution < 1.29 is 21.9 Å². The topological polar surface area (TPSA) is 120 Å². The molecule has 0 aliphatic rings. The molecule has 0 unspecified atom stereocenters. The summed E-state index contributed by atoms with van der Waals surface area (Å²) < 4.78 is 0. The second-order valence-electron chi connectivity index (χ2n) is 0. The molecule has 0 aromatic heterocycles. The van der Waals surface area contributed by atoms with E-state index in [4.69, 9.17) is 0 Å². The van der Waals surface area contributed by atoms with Crippen LogP contribution in [-0.4, -0.2) is 69.8 Å². The molecular formula is H4BeCaO4. The summed E-state index contributed by atoms with van der Waals surface area (Å²) in [6.45, 7) is 0. The quantitative estimate of drug-likeness (QED) is 0.359. The van der Waals surface area contributed by atoms with Crippen LogP contribution in [-0.2, 0) is 0 Å². The molecule has 6 heteroatoms. The van der Waals surface area contributed by atoms with E-state index in [0.29, 0.717) is 0 Å². The summed E-state index contributed by atoms with van der Waals surface area (Å²) in [4.78, 5) is 0. The summed E-state index contributed by atoms with van der Waals surface area (Å²) in [6.07, 6.45) is 0. The molecule has 0 aromatic rings. The Kier molecular flexibility index (Phi) is 3200. The van der Waals surface area contributed by atoms with Crippen LogP contribution in [0.4, 0.5) is 0 Å². The van der Waals surface area contributed by atoms with Crippen LogP contribution < -0.4 is 0 Å². The molecule has 0 aliphatic carbocycles. The Balaban J connectivity index is 0. The average molecular weight is 117 g/mol. The first-order chi connectivity index (χ1) is 0. The van der Waals surface area contributed by atoms with Crippen LogP contribution >= 0.6 is 0 Å². The SMILES string of the molecule is [Be+2].[Ca+2].[OH-].[OH-].[OH-].[OH-]. The van der Waals surface area contributed by atoms with Gasteiger partial charge in [0.15, 0.2) is 0 Å². The van der Waals surface area contributed by atoms with E-state index in [2.05, 4.69) is 0 Å². The van der Waals surface area contributed by atoms with Gasteiger partial charge in [0.25, 0.3) is 0 Å². The minimum absolute atomic E-state index is 0. The molecule has 0 spiro atoms. The Morgan fingerprint density at radius 2 is 0.500 bits per heavy atom. The van der Waals surface area contributed by atoms with Crippen LogP contribution in [0.3, 0.4) is 0 Å². The van der Waals surface area contributed by atoms with Crippen molar-refractivity contribution in [3.05, 3.63) is 0 Å². The minimum atomic E-state index is 0. The number of rotatable bonds is 0. The summed E-state index contributed by atoms with van der Waals surface area (Å²) in [6, 6.07) is 0. The smallest absolute Gasteiger partial charge is 0.870 e. The van der Waals surface area contributed by atoms with Gasteiger partial charge in [-0.3, -0.25) is 0 Å². The molecule has 0 radical (unpaired) electrons. The maximum absolute atomic E-state index is 0. The van der Waals surface area contributed by atoms with Gasteiger partial charge < -0.3 is 21.9 Å². The van der Waals surface area contributed by atoms with Gasteiger partial charge in [0.2, 0.25) is 0 Å². The van der Waals surface area contributed by atoms with E-state index >= 15 is 0 Å². The van der Waals surface area contributed by atoms with Gasteiger partial charge in [0.05, 0.1) is 0 Å². The monoisotopic (exact) mass is 117 g/mol. The van der Waals surface area contributed by atoms with Gasteiger partial charge in [-0.05, 0) is 0 Å². The maximum atomic E-state index is 0. The molecule has 0 bridgehead atoms. The van der Waals surface area contributed by atoms with Gasteiger partial charge in [-0.2, -0.15) is 0 Å². The number of hydrogen-bond donors (Lipinski definition) is 0. The predicted molar refractivity (Wildman–Crippen MR) is 19.3 cm³/mol. The molecule has 0 saturated carbocycles. The predicted octanol–water partition coefficient (Wildman–Crippen LogP) is -1.47. The normalized spacial score (nSPS) is 0. The molecule has 0 atom stereocenters. The van der Waals surface area contributed by atoms with Gasteiger partial charge in [-0.25, -0.2) is 0 Å². The fourth-order valence-corrected chi connectivity index (χ4v) is 0. The Hall–Kier alpha value is 1.27. The molecular weight excluding hydrogens is 113 g/mol. The zero-order valence-corrected chi connectivity index (χ0v) is 5.41. The summed E-state index contributed by atoms with van der Waals surface area (Å²) in [5.41, 5.74) is 0. The maximum Gasteiger partial charge on any atom is 2.00 e. The third-order valence-corrected chi connectivity index (χ3v) is 0. The Labute approximate surface area is 69.4 Å². The molecule has 4 N–H and O–H groups in total. The summed E-state index contributed by atoms with van der Waals surface area (Å²) >= 11 is 0. The molecule has 0 aliphatic heterocycles. The molecule has 0 aromatic carbocycles. The fourth-order valence-electron chi connectivity index (χ4n) is 0. The van der Waals surface area contributed by atoms with Crippen LogP contribution in [0.5, 0.6) is 0 Å². The molecule has 0 fully saturated rings. The van der Waals surface area contributed by atoms with Crippen LogP contribution in [0.2, 0.25) is 0 Å². The summed E-state index contributed by atoms with van der Waals surface area (Å²) in [7, 11) is 0. The third-order valence-electron chi connectivity index (χ3n) is 0. The molecule has 0 rings (SSSR count). The van der Waals surface area contributed by atoms with E-state index in [1.54, 1.807) is 0 Å². The van der Waals surface area contributed by atoms with E-state index in [1.807, 2.05) is 0 Å². The van der Waals surface area contributed by atoms with E-state index in [1.165, 1.54) is 0 Å². The molecule has 0 saturated heterocycles. The van der Waals surface area contributed by atoms with Gasteiger partial charge in [0, 0.05) is 0 Å². The van der Waals surface area contributed by atoms with Crippen LogP contribution in [0.25, 0.3) is 0 Å². The van der Waals surface area contributed by atoms with Crippen molar-refractivity contribution in [1.82, 2.24) is 0 Å². The van der Waals surface area contributed by atoms with E-state index < -0.39 is 0 Å². The van der Waals surface area contributed by atoms with Gasteiger partial charge in [0.1, 0.15) is 0 Å². The molecule has 0 amide bonds. The van der Waals surface area contributed by atoms with E-state index in [-0.39, 0.29) is 69.8 Å². The fraction of sp³-hybridized carbons (Fsp3) is 0. The van der Waals surface area contributed by atoms with Gasteiger partial charge in [-0.1, -0.05) is 0 Å². The van der Waals surface area contributed by atoms with Crippen molar-refractivity contribution in [2.24, 2.45) is 0 Å². The first-order valence-corrected chi connectivity index (χ1v) is 0. The molecule has 32 valence electrons. The van der Waals surface area contributed by atoms with Crippen LogP contribution in [0, 0.1) is 0 Å². The molecule has 6 heavy (non-hydrogen) atoms. The second kappa shape index (κ2) is 108. The van der Waals surface area contributed by atoms with Crippen molar-refractivity contribution in [3.8, 4) is 0 Å². The van der Waals surface area contributed by atoms with Crippen molar-refractivity contribution in [2.45, 2.75) is 0 Å². The van der Waals surface area contributed by atoms with Crippen molar-refractivity contribution >= 4 is 47.9 Å². The van der Waals surface area contributed by atoms with Crippen molar-refractivity contribution in [2.75, 3.05) is 0 Å². The average Bonchev–Trinajstić information content (AvgIpc) is 0. The zero-order chi connectivity index (χ0) is 0. The minimum Gasteiger partial charge on any atom is -0.870 e. The van der Waals surface area contributed by atoms with Gasteiger partial charge >= 0.3 is 47.9 Å². The molecule has 0 heterocycles. The van der Waals surface area contributed by atoms with Crippen LogP contribution in [0.1, 0.15) is 0 Å². The second-order valence-corrected chi connectivity index (χ2v) is 0. The third kappa shape index (κ3) is 59.7. The largest absolute Gasteiger partial charge is 2.00 e. The van der Waals surface area contributed by atoms with E-state index in [0.717, 1.165) is 0 Å². The standard InChI is InChI=1S/Be.Ca.4H2O/h;;4*1H2/q2*+2;;;;/p-4. The Bertz CT molecular complexity index is 7.51. The summed E-state index contributed by atoms with van der Waals surface area (Å²) in [5, 5.41) is 0. The number of hydrogen-bond acceptors (Lipinski definition) is 4. The van der Waals surface area contributed by atoms with Crippen molar-refractivity contribution in [3.63, 3.8) is 0 Å². The first kappa shape index (κ1) is 177. The van der Waals surface area contributed by atoms with Crippen LogP contribution in [0.15, 0.2) is 0 Å². The van der Waals surface area contributed by atoms with Gasteiger partial charge in [-0.15, -0.1) is 0 Å². The summed E-state index contributed by atoms with van der Waals surface area (Å²) in [5.74, 6) is 0.